The molecule has 1 atom stereocenters. The minimum Gasteiger partial charge on any atom is -0.502 e. The molecule has 4 heteroatoms. The van der Waals surface area contributed by atoms with Crippen LogP contribution in [-0.2, 0) is 12.8 Å². The second kappa shape index (κ2) is 4.12. The number of phenolic OH excluding ortho intramolecular Hbond substituents is 1. The summed E-state index contributed by atoms with van der Waals surface area (Å²) in [5.41, 5.74) is 1.92. The molecule has 1 aromatic rings. The summed E-state index contributed by atoms with van der Waals surface area (Å²) >= 11 is 0. The topological polar surface area (TPSA) is 63.4 Å². The molecule has 1 aliphatic carbocycles. The average molecular weight is 221 g/mol. The molecule has 0 aliphatic heterocycles. The van der Waals surface area contributed by atoms with Gasteiger partial charge in [0.15, 0.2) is 5.75 Å². The fraction of sp³-hybridized carbons (Fsp3) is 0.500. The van der Waals surface area contributed by atoms with Crippen LogP contribution >= 0.6 is 0 Å². The second-order valence-corrected chi connectivity index (χ2v) is 4.38. The van der Waals surface area contributed by atoms with Crippen molar-refractivity contribution in [2.24, 2.45) is 5.92 Å². The molecule has 86 valence electrons. The number of phenols is 1. The van der Waals surface area contributed by atoms with E-state index in [4.69, 9.17) is 0 Å². The number of nitro benzene ring substituents is 1. The van der Waals surface area contributed by atoms with E-state index in [1.807, 2.05) is 0 Å². The lowest BCUT2D eigenvalue weighted by Crippen LogP contribution is -2.13. The Labute approximate surface area is 94.1 Å². The summed E-state index contributed by atoms with van der Waals surface area (Å²) in [7, 11) is 0. The van der Waals surface area contributed by atoms with Gasteiger partial charge >= 0.3 is 5.69 Å². The van der Waals surface area contributed by atoms with Crippen LogP contribution in [0.1, 0.15) is 30.9 Å². The van der Waals surface area contributed by atoms with E-state index >= 15 is 0 Å². The van der Waals surface area contributed by atoms with Crippen LogP contribution in [0.2, 0.25) is 0 Å². The van der Waals surface area contributed by atoms with Crippen LogP contribution < -0.4 is 0 Å². The van der Waals surface area contributed by atoms with Crippen molar-refractivity contribution in [2.75, 3.05) is 0 Å². The Morgan fingerprint density at radius 1 is 1.50 bits per heavy atom. The van der Waals surface area contributed by atoms with Crippen LogP contribution in [0, 0.1) is 16.0 Å². The largest absolute Gasteiger partial charge is 0.502 e. The van der Waals surface area contributed by atoms with Crippen molar-refractivity contribution in [2.45, 2.75) is 32.6 Å². The number of aryl methyl sites for hydroxylation is 1. The van der Waals surface area contributed by atoms with Gasteiger partial charge in [0, 0.05) is 6.07 Å². The first-order valence-corrected chi connectivity index (χ1v) is 5.61. The Bertz CT molecular complexity index is 429. The maximum absolute atomic E-state index is 10.7. The Morgan fingerprint density at radius 2 is 2.25 bits per heavy atom. The summed E-state index contributed by atoms with van der Waals surface area (Å²) in [6.45, 7) is 2.14. The third-order valence-corrected chi connectivity index (χ3v) is 3.40. The van der Waals surface area contributed by atoms with E-state index in [1.54, 1.807) is 6.07 Å². The summed E-state index contributed by atoms with van der Waals surface area (Å²) in [6.07, 6.45) is 4.03. The molecule has 0 aromatic heterocycles. The highest BCUT2D eigenvalue weighted by Crippen LogP contribution is 2.35. The summed E-state index contributed by atoms with van der Waals surface area (Å²) in [6, 6.07) is 3.09. The molecule has 1 aromatic carbocycles. The van der Waals surface area contributed by atoms with Crippen LogP contribution in [0.3, 0.4) is 0 Å². The second-order valence-electron chi connectivity index (χ2n) is 4.38. The van der Waals surface area contributed by atoms with Gasteiger partial charge in [0.2, 0.25) is 0 Å². The summed E-state index contributed by atoms with van der Waals surface area (Å²) in [5, 5.41) is 20.2. The highest BCUT2D eigenvalue weighted by atomic mass is 16.6. The number of hydrogen-bond acceptors (Lipinski definition) is 3. The quantitative estimate of drug-likeness (QED) is 0.617. The predicted octanol–water partition coefficient (Wildman–Crippen LogP) is 2.82. The third kappa shape index (κ3) is 1.87. The maximum Gasteiger partial charge on any atom is 0.310 e. The molecule has 0 fully saturated rings. The van der Waals surface area contributed by atoms with Gasteiger partial charge in [0.05, 0.1) is 4.92 Å². The molecule has 0 spiro atoms. The van der Waals surface area contributed by atoms with Crippen molar-refractivity contribution in [3.63, 3.8) is 0 Å². The van der Waals surface area contributed by atoms with Crippen molar-refractivity contribution in [3.05, 3.63) is 33.4 Å². The van der Waals surface area contributed by atoms with Crippen molar-refractivity contribution in [1.82, 2.24) is 0 Å². The molecule has 0 saturated carbocycles. The zero-order valence-corrected chi connectivity index (χ0v) is 9.27. The van der Waals surface area contributed by atoms with E-state index in [9.17, 15) is 15.2 Å². The van der Waals surface area contributed by atoms with Gasteiger partial charge in [0.1, 0.15) is 0 Å². The molecule has 0 saturated heterocycles. The molecule has 0 amide bonds. The SMILES string of the molecule is CCC1CCc2cc(O)c([N+](=O)[O-])cc2C1. The number of aromatic hydroxyl groups is 1. The van der Waals surface area contributed by atoms with Crippen molar-refractivity contribution in [3.8, 4) is 5.75 Å². The molecule has 1 unspecified atom stereocenters. The van der Waals surface area contributed by atoms with Gasteiger partial charge in [-0.3, -0.25) is 10.1 Å². The molecule has 2 rings (SSSR count). The summed E-state index contributed by atoms with van der Waals surface area (Å²) < 4.78 is 0. The van der Waals surface area contributed by atoms with Gasteiger partial charge in [-0.15, -0.1) is 0 Å². The fourth-order valence-corrected chi connectivity index (χ4v) is 2.35. The highest BCUT2D eigenvalue weighted by Gasteiger charge is 2.22. The van der Waals surface area contributed by atoms with Crippen molar-refractivity contribution in [1.29, 1.82) is 0 Å². The predicted molar refractivity (Wildman–Crippen MR) is 60.6 cm³/mol. The minimum absolute atomic E-state index is 0.171. The Balaban J connectivity index is 2.39. The van der Waals surface area contributed by atoms with E-state index in [-0.39, 0.29) is 11.4 Å². The molecule has 4 nitrogen and oxygen atoms in total. The Hall–Kier alpha value is -1.58. The third-order valence-electron chi connectivity index (χ3n) is 3.40. The number of fused-ring (bicyclic) bond motifs is 1. The molecule has 0 bridgehead atoms. The smallest absolute Gasteiger partial charge is 0.310 e. The first-order valence-electron chi connectivity index (χ1n) is 5.61. The van der Waals surface area contributed by atoms with Crippen LogP contribution in [0.4, 0.5) is 5.69 Å². The molecule has 0 radical (unpaired) electrons. The Kier molecular flexibility index (Phi) is 2.81. The number of nitro groups is 1. The lowest BCUT2D eigenvalue weighted by atomic mass is 9.82. The maximum atomic E-state index is 10.7. The fourth-order valence-electron chi connectivity index (χ4n) is 2.35. The Morgan fingerprint density at radius 3 is 2.88 bits per heavy atom. The lowest BCUT2D eigenvalue weighted by Gasteiger charge is -2.23. The van der Waals surface area contributed by atoms with E-state index < -0.39 is 4.92 Å². The van der Waals surface area contributed by atoms with Gasteiger partial charge in [-0.25, -0.2) is 0 Å². The molecule has 1 N–H and O–H groups in total. The van der Waals surface area contributed by atoms with Gasteiger partial charge < -0.3 is 5.11 Å². The monoisotopic (exact) mass is 221 g/mol. The highest BCUT2D eigenvalue weighted by molar-refractivity contribution is 5.52. The van der Waals surface area contributed by atoms with Crippen molar-refractivity contribution >= 4 is 5.69 Å². The molecular weight excluding hydrogens is 206 g/mol. The summed E-state index contributed by atoms with van der Waals surface area (Å²) in [4.78, 5) is 10.2. The van der Waals surface area contributed by atoms with Crippen molar-refractivity contribution < 1.29 is 10.0 Å². The molecule has 0 heterocycles. The number of nitrogens with zero attached hydrogens (tertiary/aromatic N) is 1. The zero-order chi connectivity index (χ0) is 11.7. The van der Waals surface area contributed by atoms with Crippen LogP contribution in [0.25, 0.3) is 0 Å². The van der Waals surface area contributed by atoms with Gasteiger partial charge in [0.25, 0.3) is 0 Å². The van der Waals surface area contributed by atoms with Gasteiger partial charge in [-0.05, 0) is 42.4 Å². The molecule has 1 aliphatic rings. The van der Waals surface area contributed by atoms with E-state index in [0.717, 1.165) is 36.8 Å². The standard InChI is InChI=1S/C12H15NO3/c1-2-8-3-4-9-7-12(14)11(13(15)16)6-10(9)5-8/h6-8,14H,2-5H2,1H3. The van der Waals surface area contributed by atoms with Crippen LogP contribution in [0.5, 0.6) is 5.75 Å². The molecular formula is C12H15NO3. The first kappa shape index (κ1) is 10.9. The van der Waals surface area contributed by atoms with E-state index in [0.29, 0.717) is 5.92 Å². The average Bonchev–Trinajstić information content (AvgIpc) is 2.27. The minimum atomic E-state index is -0.523. The van der Waals surface area contributed by atoms with Gasteiger partial charge in [-0.2, -0.15) is 0 Å². The lowest BCUT2D eigenvalue weighted by molar-refractivity contribution is -0.385. The zero-order valence-electron chi connectivity index (χ0n) is 9.27. The van der Waals surface area contributed by atoms with E-state index in [1.165, 1.54) is 6.07 Å². The number of rotatable bonds is 2. The van der Waals surface area contributed by atoms with E-state index in [2.05, 4.69) is 6.92 Å². The van der Waals surface area contributed by atoms with Gasteiger partial charge in [-0.1, -0.05) is 13.3 Å². The summed E-state index contributed by atoms with van der Waals surface area (Å²) in [5.74, 6) is 0.412. The van der Waals surface area contributed by atoms with Crippen LogP contribution in [0.15, 0.2) is 12.1 Å². The number of hydrogen-bond donors (Lipinski definition) is 1. The first-order chi connectivity index (χ1) is 7.61. The normalized spacial score (nSPS) is 19.2. The van der Waals surface area contributed by atoms with Crippen LogP contribution in [-0.4, -0.2) is 10.0 Å². The molecule has 16 heavy (non-hydrogen) atoms. The number of benzene rings is 1.